The number of nitrogens with zero attached hydrogens (tertiary/aromatic N) is 2. The van der Waals surface area contributed by atoms with E-state index < -0.39 is 0 Å². The van der Waals surface area contributed by atoms with Crippen molar-refractivity contribution in [2.45, 2.75) is 6.54 Å². The number of hydrogen-bond donors (Lipinski definition) is 1. The number of nitrogens with one attached hydrogen (secondary N) is 1. The first-order chi connectivity index (χ1) is 11.8. The van der Waals surface area contributed by atoms with Gasteiger partial charge in [0.25, 0.3) is 0 Å². The number of anilines is 1. The lowest BCUT2D eigenvalue weighted by atomic mass is 10.1. The van der Waals surface area contributed by atoms with Gasteiger partial charge in [0, 0.05) is 44.0 Å². The van der Waals surface area contributed by atoms with Crippen LogP contribution in [0.4, 0.5) is 5.69 Å². The SMILES string of the molecule is CNCC(=O)c1ccc(N2CCN(Cc3ccccc3)CC2)cc1. The van der Waals surface area contributed by atoms with Gasteiger partial charge in [0.1, 0.15) is 0 Å². The number of rotatable bonds is 6. The Morgan fingerprint density at radius 1 is 0.958 bits per heavy atom. The van der Waals surface area contributed by atoms with Crippen molar-refractivity contribution in [3.63, 3.8) is 0 Å². The average Bonchev–Trinajstić information content (AvgIpc) is 2.64. The van der Waals surface area contributed by atoms with Gasteiger partial charge >= 0.3 is 0 Å². The molecular formula is C20H25N3O. The fraction of sp³-hybridized carbons (Fsp3) is 0.350. The molecule has 0 atom stereocenters. The second kappa shape index (κ2) is 8.08. The smallest absolute Gasteiger partial charge is 0.176 e. The maximum atomic E-state index is 11.9. The third kappa shape index (κ3) is 4.22. The standard InChI is InChI=1S/C20H25N3O/c1-21-15-20(24)18-7-9-19(10-8-18)23-13-11-22(12-14-23)16-17-5-3-2-4-6-17/h2-10,21H,11-16H2,1H3. The van der Waals surface area contributed by atoms with Crippen molar-refractivity contribution in [3.8, 4) is 0 Å². The van der Waals surface area contributed by atoms with E-state index in [9.17, 15) is 4.79 Å². The number of ketones is 1. The highest BCUT2D eigenvalue weighted by Crippen LogP contribution is 2.18. The summed E-state index contributed by atoms with van der Waals surface area (Å²) in [6, 6.07) is 18.6. The molecule has 0 radical (unpaired) electrons. The Hall–Kier alpha value is -2.17. The minimum absolute atomic E-state index is 0.136. The highest BCUT2D eigenvalue weighted by Gasteiger charge is 2.17. The third-order valence-electron chi connectivity index (χ3n) is 4.51. The van der Waals surface area contributed by atoms with Gasteiger partial charge < -0.3 is 10.2 Å². The molecule has 1 fully saturated rings. The summed E-state index contributed by atoms with van der Waals surface area (Å²) < 4.78 is 0. The molecule has 0 spiro atoms. The number of benzene rings is 2. The lowest BCUT2D eigenvalue weighted by Gasteiger charge is -2.36. The molecule has 24 heavy (non-hydrogen) atoms. The lowest BCUT2D eigenvalue weighted by molar-refractivity contribution is 0.0993. The molecule has 1 heterocycles. The fourth-order valence-electron chi connectivity index (χ4n) is 3.13. The lowest BCUT2D eigenvalue weighted by Crippen LogP contribution is -2.45. The molecule has 0 saturated carbocycles. The molecule has 0 amide bonds. The Kier molecular flexibility index (Phi) is 5.62. The van der Waals surface area contributed by atoms with Crippen LogP contribution in [-0.2, 0) is 6.54 Å². The van der Waals surface area contributed by atoms with Crippen LogP contribution in [0.3, 0.4) is 0 Å². The zero-order valence-corrected chi connectivity index (χ0v) is 14.2. The minimum Gasteiger partial charge on any atom is -0.369 e. The molecule has 0 aliphatic carbocycles. The normalized spacial score (nSPS) is 15.5. The number of hydrogen-bond acceptors (Lipinski definition) is 4. The van der Waals surface area contributed by atoms with E-state index in [4.69, 9.17) is 0 Å². The summed E-state index contributed by atoms with van der Waals surface area (Å²) >= 11 is 0. The Balaban J connectivity index is 1.54. The van der Waals surface area contributed by atoms with Crippen LogP contribution in [-0.4, -0.2) is 50.5 Å². The average molecular weight is 323 g/mol. The zero-order valence-electron chi connectivity index (χ0n) is 14.2. The molecular weight excluding hydrogens is 298 g/mol. The number of likely N-dealkylation sites (N-methyl/N-ethyl adjacent to an activating group) is 1. The van der Waals surface area contributed by atoms with Crippen molar-refractivity contribution in [1.29, 1.82) is 0 Å². The molecule has 2 aromatic rings. The molecule has 1 aliphatic heterocycles. The van der Waals surface area contributed by atoms with Gasteiger partial charge in [0.2, 0.25) is 0 Å². The van der Waals surface area contributed by atoms with Crippen LogP contribution in [0, 0.1) is 0 Å². The molecule has 1 saturated heterocycles. The molecule has 3 rings (SSSR count). The molecule has 1 aliphatic rings. The van der Waals surface area contributed by atoms with E-state index in [1.54, 1.807) is 7.05 Å². The molecule has 1 N–H and O–H groups in total. The molecule has 2 aromatic carbocycles. The number of carbonyl (C=O) groups excluding carboxylic acids is 1. The van der Waals surface area contributed by atoms with Gasteiger partial charge in [-0.05, 0) is 36.9 Å². The molecule has 0 aromatic heterocycles. The van der Waals surface area contributed by atoms with Crippen molar-refractivity contribution in [2.75, 3.05) is 44.7 Å². The van der Waals surface area contributed by atoms with E-state index in [1.807, 2.05) is 12.1 Å². The second-order valence-corrected chi connectivity index (χ2v) is 6.25. The van der Waals surface area contributed by atoms with E-state index >= 15 is 0 Å². The van der Waals surface area contributed by atoms with E-state index in [0.717, 1.165) is 38.3 Å². The van der Waals surface area contributed by atoms with Crippen molar-refractivity contribution in [1.82, 2.24) is 10.2 Å². The molecule has 0 bridgehead atoms. The highest BCUT2D eigenvalue weighted by atomic mass is 16.1. The summed E-state index contributed by atoms with van der Waals surface area (Å²) in [5.41, 5.74) is 3.35. The molecule has 4 nitrogen and oxygen atoms in total. The Bertz CT molecular complexity index is 646. The number of Topliss-reactive ketones (excluding diaryl/α,β-unsaturated/α-hetero) is 1. The van der Waals surface area contributed by atoms with Crippen molar-refractivity contribution >= 4 is 11.5 Å². The van der Waals surface area contributed by atoms with Crippen LogP contribution < -0.4 is 10.2 Å². The summed E-state index contributed by atoms with van der Waals surface area (Å²) in [5.74, 6) is 0.136. The zero-order chi connectivity index (χ0) is 16.8. The largest absolute Gasteiger partial charge is 0.369 e. The predicted molar refractivity (Wildman–Crippen MR) is 98.6 cm³/mol. The predicted octanol–water partition coefficient (Wildman–Crippen LogP) is 2.41. The van der Waals surface area contributed by atoms with Crippen LogP contribution in [0.1, 0.15) is 15.9 Å². The van der Waals surface area contributed by atoms with Crippen LogP contribution in [0.15, 0.2) is 54.6 Å². The first-order valence-electron chi connectivity index (χ1n) is 8.55. The van der Waals surface area contributed by atoms with Gasteiger partial charge in [-0.1, -0.05) is 30.3 Å². The molecule has 126 valence electrons. The van der Waals surface area contributed by atoms with Gasteiger partial charge in [-0.2, -0.15) is 0 Å². The van der Waals surface area contributed by atoms with E-state index in [-0.39, 0.29) is 5.78 Å². The summed E-state index contributed by atoms with van der Waals surface area (Å²) in [5, 5.41) is 2.90. The Labute approximate surface area is 144 Å². The van der Waals surface area contributed by atoms with Crippen molar-refractivity contribution in [2.24, 2.45) is 0 Å². The first kappa shape index (κ1) is 16.7. The van der Waals surface area contributed by atoms with E-state index in [0.29, 0.717) is 6.54 Å². The van der Waals surface area contributed by atoms with Crippen molar-refractivity contribution < 1.29 is 4.79 Å². The molecule has 4 heteroatoms. The van der Waals surface area contributed by atoms with Crippen LogP contribution >= 0.6 is 0 Å². The van der Waals surface area contributed by atoms with E-state index in [1.165, 1.54) is 11.3 Å². The minimum atomic E-state index is 0.136. The second-order valence-electron chi connectivity index (χ2n) is 6.25. The van der Waals surface area contributed by atoms with Gasteiger partial charge in [0.05, 0.1) is 6.54 Å². The number of carbonyl (C=O) groups is 1. The van der Waals surface area contributed by atoms with Crippen LogP contribution in [0.5, 0.6) is 0 Å². The quantitative estimate of drug-likeness (QED) is 0.828. The monoisotopic (exact) mass is 323 g/mol. The summed E-state index contributed by atoms with van der Waals surface area (Å²) in [6.45, 7) is 5.58. The fourth-order valence-corrected chi connectivity index (χ4v) is 3.13. The molecule has 0 unspecified atom stereocenters. The van der Waals surface area contributed by atoms with Gasteiger partial charge in [-0.25, -0.2) is 0 Å². The maximum absolute atomic E-state index is 11.9. The maximum Gasteiger partial charge on any atom is 0.176 e. The Morgan fingerprint density at radius 3 is 2.25 bits per heavy atom. The number of piperazine rings is 1. The topological polar surface area (TPSA) is 35.6 Å². The Morgan fingerprint density at radius 2 is 1.62 bits per heavy atom. The van der Waals surface area contributed by atoms with Gasteiger partial charge in [-0.15, -0.1) is 0 Å². The van der Waals surface area contributed by atoms with Gasteiger partial charge in [-0.3, -0.25) is 9.69 Å². The van der Waals surface area contributed by atoms with Crippen LogP contribution in [0.2, 0.25) is 0 Å². The third-order valence-corrected chi connectivity index (χ3v) is 4.51. The highest BCUT2D eigenvalue weighted by molar-refractivity contribution is 5.97. The van der Waals surface area contributed by atoms with E-state index in [2.05, 4.69) is 57.6 Å². The summed E-state index contributed by atoms with van der Waals surface area (Å²) in [6.07, 6.45) is 0. The first-order valence-corrected chi connectivity index (χ1v) is 8.55. The summed E-state index contributed by atoms with van der Waals surface area (Å²) in [7, 11) is 1.79. The van der Waals surface area contributed by atoms with Gasteiger partial charge in [0.15, 0.2) is 5.78 Å². The van der Waals surface area contributed by atoms with Crippen LogP contribution in [0.25, 0.3) is 0 Å². The van der Waals surface area contributed by atoms with Crippen molar-refractivity contribution in [3.05, 3.63) is 65.7 Å². The summed E-state index contributed by atoms with van der Waals surface area (Å²) in [4.78, 5) is 16.8.